The average molecular weight is 899 g/mol. The van der Waals surface area contributed by atoms with Crippen LogP contribution in [0.2, 0.25) is 5.02 Å². The number of piperazine rings is 1. The first-order valence-corrected chi connectivity index (χ1v) is 22.7. The first-order valence-electron chi connectivity index (χ1n) is 21.5. The molecular formula is C50H48ClFN6O5S. The Labute approximate surface area is 380 Å². The number of aliphatic carboxylic acids is 1. The van der Waals surface area contributed by atoms with Crippen LogP contribution >= 0.6 is 22.9 Å². The van der Waals surface area contributed by atoms with Crippen LogP contribution in [0, 0.1) is 12.7 Å². The van der Waals surface area contributed by atoms with E-state index in [0.29, 0.717) is 43.8 Å². The standard InChI is InChI=1S/C50H48ClFN6O5S/c1-30-37-15-16-38(45(30)51)32(19-21-58-24-22-57(2)23-25-58)10-8-31-9-17-40(62-28-36-18-20-53-47(56-36)39-6-4-5-7-41(39)61-3)34(26-31)27-42(50(59)60)63-48-44-43(37)46(64-49(44)55-29-54-48)33-11-13-35(52)14-12-33/h4-7,9,11-18,20,26,29,32,42H,8,10,19,21-25,27-28H2,1-3H3,(H,59,60)/t32?,42-/m1/s1. The highest BCUT2D eigenvalue weighted by molar-refractivity contribution is 7.22. The summed E-state index contributed by atoms with van der Waals surface area (Å²) in [6.07, 6.45) is 4.15. The van der Waals surface area contributed by atoms with Crippen LogP contribution in [0.5, 0.6) is 17.4 Å². The van der Waals surface area contributed by atoms with E-state index in [9.17, 15) is 14.3 Å². The number of fused-ring (bicyclic) bond motifs is 6. The molecule has 0 radical (unpaired) electrons. The molecule has 3 aliphatic heterocycles. The average Bonchev–Trinajstić information content (AvgIpc) is 3.70. The van der Waals surface area contributed by atoms with Crippen LogP contribution in [0.3, 0.4) is 0 Å². The highest BCUT2D eigenvalue weighted by atomic mass is 35.5. The molecule has 3 aromatic heterocycles. The third kappa shape index (κ3) is 9.16. The number of benzene rings is 4. The summed E-state index contributed by atoms with van der Waals surface area (Å²) in [6, 6.07) is 25.9. The quantitative estimate of drug-likeness (QED) is 0.141. The highest BCUT2D eigenvalue weighted by Crippen LogP contribution is 2.50. The molecule has 4 bridgehead atoms. The van der Waals surface area contributed by atoms with Gasteiger partial charge in [-0.3, -0.25) is 0 Å². The summed E-state index contributed by atoms with van der Waals surface area (Å²) >= 11 is 8.92. The van der Waals surface area contributed by atoms with Gasteiger partial charge in [0.1, 0.15) is 35.1 Å². The summed E-state index contributed by atoms with van der Waals surface area (Å²) in [5, 5.41) is 12.1. The van der Waals surface area contributed by atoms with Crippen LogP contribution in [0.25, 0.3) is 43.2 Å². The van der Waals surface area contributed by atoms with Crippen molar-refractivity contribution in [3.8, 4) is 50.3 Å². The molecule has 4 aromatic carbocycles. The lowest BCUT2D eigenvalue weighted by molar-refractivity contribution is -0.145. The van der Waals surface area contributed by atoms with Gasteiger partial charge in [-0.15, -0.1) is 11.3 Å². The second kappa shape index (κ2) is 19.0. The van der Waals surface area contributed by atoms with E-state index in [4.69, 9.17) is 30.8 Å². The van der Waals surface area contributed by atoms with Crippen LogP contribution in [0.1, 0.15) is 46.7 Å². The number of methoxy groups -OCH3 is 1. The first-order chi connectivity index (χ1) is 31.1. The van der Waals surface area contributed by atoms with Gasteiger partial charge in [-0.25, -0.2) is 29.1 Å². The zero-order valence-electron chi connectivity index (χ0n) is 35.9. The Balaban J connectivity index is 1.13. The van der Waals surface area contributed by atoms with Crippen molar-refractivity contribution in [3.05, 3.63) is 136 Å². The Morgan fingerprint density at radius 2 is 1.78 bits per heavy atom. The number of carboxylic acid groups (broad SMARTS) is 1. The van der Waals surface area contributed by atoms with Gasteiger partial charge in [-0.2, -0.15) is 0 Å². The zero-order valence-corrected chi connectivity index (χ0v) is 37.5. The van der Waals surface area contributed by atoms with Crippen LogP contribution in [-0.4, -0.2) is 93.8 Å². The Hall–Kier alpha value is -5.99. The van der Waals surface area contributed by atoms with Crippen molar-refractivity contribution >= 4 is 39.1 Å². The molecule has 0 aliphatic carbocycles. The predicted octanol–water partition coefficient (Wildman–Crippen LogP) is 9.91. The van der Waals surface area contributed by atoms with E-state index >= 15 is 0 Å². The third-order valence-corrected chi connectivity index (χ3v) is 14.0. The molecule has 64 heavy (non-hydrogen) atoms. The number of rotatable bonds is 10. The molecule has 3 aliphatic rings. The fraction of sp³-hybridized carbons (Fsp3) is 0.300. The predicted molar refractivity (Wildman–Crippen MR) is 248 cm³/mol. The lowest BCUT2D eigenvalue weighted by Crippen LogP contribution is -2.44. The summed E-state index contributed by atoms with van der Waals surface area (Å²) in [5.41, 5.74) is 7.44. The number of aryl methyl sites for hydroxylation is 1. The van der Waals surface area contributed by atoms with E-state index in [2.05, 4.69) is 50.0 Å². The summed E-state index contributed by atoms with van der Waals surface area (Å²) < 4.78 is 32.8. The molecular weight excluding hydrogens is 851 g/mol. The van der Waals surface area contributed by atoms with Gasteiger partial charge in [0.2, 0.25) is 12.0 Å². The highest BCUT2D eigenvalue weighted by Gasteiger charge is 2.30. The van der Waals surface area contributed by atoms with E-state index in [1.165, 1.54) is 29.8 Å². The molecule has 14 heteroatoms. The van der Waals surface area contributed by atoms with Crippen molar-refractivity contribution in [2.24, 2.45) is 0 Å². The maximum atomic E-state index is 14.3. The second-order valence-corrected chi connectivity index (χ2v) is 17.8. The third-order valence-electron chi connectivity index (χ3n) is 12.4. The summed E-state index contributed by atoms with van der Waals surface area (Å²) in [7, 11) is 3.78. The lowest BCUT2D eigenvalue weighted by atomic mass is 9.85. The number of thiophene rings is 1. The van der Waals surface area contributed by atoms with Crippen molar-refractivity contribution in [2.45, 2.75) is 51.2 Å². The number of ether oxygens (including phenoxy) is 3. The monoisotopic (exact) mass is 898 g/mol. The number of likely N-dealkylation sites (N-methyl/N-ethyl adjacent to an activating group) is 1. The Kier molecular flexibility index (Phi) is 12.8. The minimum absolute atomic E-state index is 0.0179. The number of nitrogens with zero attached hydrogens (tertiary/aromatic N) is 6. The van der Waals surface area contributed by atoms with Gasteiger partial charge in [-0.1, -0.05) is 60.1 Å². The number of hydrogen-bond acceptors (Lipinski definition) is 11. The first kappa shape index (κ1) is 43.3. The maximum Gasteiger partial charge on any atom is 0.345 e. The van der Waals surface area contributed by atoms with Crippen molar-refractivity contribution in [3.63, 3.8) is 0 Å². The van der Waals surface area contributed by atoms with E-state index < -0.39 is 12.1 Å². The van der Waals surface area contributed by atoms with Gasteiger partial charge >= 0.3 is 5.97 Å². The number of para-hydroxylation sites is 1. The SMILES string of the molecule is COc1ccccc1-c1nccc(COc2ccc3cc2C[C@H](C(=O)O)Oc2ncnc4sc(-c5ccc(F)cc5)c(c24)-c2ccc(c(Cl)c2C)C(CCN2CCN(C)CC2)CC3)n1. The van der Waals surface area contributed by atoms with Gasteiger partial charge in [0.05, 0.1) is 23.8 Å². The van der Waals surface area contributed by atoms with Crippen molar-refractivity contribution < 1.29 is 28.5 Å². The summed E-state index contributed by atoms with van der Waals surface area (Å²) in [5.74, 6) is 0.408. The van der Waals surface area contributed by atoms with Crippen LogP contribution in [0.4, 0.5) is 4.39 Å². The second-order valence-electron chi connectivity index (χ2n) is 16.4. The smallest absolute Gasteiger partial charge is 0.345 e. The van der Waals surface area contributed by atoms with Gasteiger partial charge in [0.25, 0.3) is 0 Å². The number of halogens is 2. The normalized spacial score (nSPS) is 17.0. The summed E-state index contributed by atoms with van der Waals surface area (Å²) in [6.45, 7) is 7.18. The largest absolute Gasteiger partial charge is 0.496 e. The van der Waals surface area contributed by atoms with Crippen molar-refractivity contribution in [1.29, 1.82) is 0 Å². The molecule has 0 spiro atoms. The van der Waals surface area contributed by atoms with E-state index in [1.807, 2.05) is 43.3 Å². The molecule has 10 rings (SSSR count). The van der Waals surface area contributed by atoms with Crippen molar-refractivity contribution in [2.75, 3.05) is 46.9 Å². The molecule has 0 amide bonds. The van der Waals surface area contributed by atoms with Crippen LogP contribution < -0.4 is 14.2 Å². The van der Waals surface area contributed by atoms with Gasteiger partial charge in [0.15, 0.2) is 5.82 Å². The number of carbonyl (C=O) groups is 1. The summed E-state index contributed by atoms with van der Waals surface area (Å²) in [4.78, 5) is 38.1. The topological polar surface area (TPSA) is 123 Å². The molecule has 11 nitrogen and oxygen atoms in total. The minimum atomic E-state index is -1.36. The molecule has 7 aromatic rings. The number of hydrogen-bond donors (Lipinski definition) is 1. The number of aromatic nitrogens is 4. The van der Waals surface area contributed by atoms with Gasteiger partial charge in [-0.05, 0) is 115 Å². The molecule has 1 fully saturated rings. The Bertz CT molecular complexity index is 2820. The Morgan fingerprint density at radius 3 is 2.58 bits per heavy atom. The molecule has 2 atom stereocenters. The molecule has 0 saturated carbocycles. The molecule has 1 unspecified atom stereocenters. The van der Waals surface area contributed by atoms with Gasteiger partial charge < -0.3 is 29.1 Å². The van der Waals surface area contributed by atoms with Crippen molar-refractivity contribution in [1.82, 2.24) is 29.7 Å². The fourth-order valence-corrected chi connectivity index (χ4v) is 10.2. The Morgan fingerprint density at radius 1 is 0.969 bits per heavy atom. The zero-order chi connectivity index (χ0) is 44.3. The van der Waals surface area contributed by atoms with Crippen LogP contribution in [0.15, 0.2) is 97.5 Å². The molecule has 1 saturated heterocycles. The van der Waals surface area contributed by atoms with E-state index in [-0.39, 0.29) is 30.6 Å². The van der Waals surface area contributed by atoms with Gasteiger partial charge in [0, 0.05) is 54.3 Å². The molecule has 6 heterocycles. The lowest BCUT2D eigenvalue weighted by Gasteiger charge is -2.33. The van der Waals surface area contributed by atoms with E-state index in [1.54, 1.807) is 31.5 Å². The molecule has 1 N–H and O–H groups in total. The number of carboxylic acids is 1. The maximum absolute atomic E-state index is 14.3. The van der Waals surface area contributed by atoms with E-state index in [0.717, 1.165) is 95.8 Å². The minimum Gasteiger partial charge on any atom is -0.496 e. The molecule has 328 valence electrons. The van der Waals surface area contributed by atoms with Crippen LogP contribution in [-0.2, 0) is 24.2 Å². The fourth-order valence-electron chi connectivity index (χ4n) is 8.75.